The number of hydrogen-bond acceptors (Lipinski definition) is 2. The molecule has 0 spiro atoms. The first-order valence-corrected chi connectivity index (χ1v) is 6.25. The third kappa shape index (κ3) is 2.53. The van der Waals surface area contributed by atoms with Crippen molar-refractivity contribution in [2.45, 2.75) is 6.42 Å². The lowest BCUT2D eigenvalue weighted by Crippen LogP contribution is -2.30. The first-order chi connectivity index (χ1) is 8.49. The fourth-order valence-electron chi connectivity index (χ4n) is 1.98. The minimum Gasteiger partial charge on any atom is -0.481 e. The van der Waals surface area contributed by atoms with Crippen LogP contribution in [0, 0.1) is 11.7 Å². The number of aliphatic carboxylic acids is 1. The molecule has 0 radical (unpaired) electrons. The number of rotatable bonds is 2. The number of nitrogens with zero attached hydrogens (tertiary/aromatic N) is 1. The number of carbonyl (C=O) groups is 2. The van der Waals surface area contributed by atoms with E-state index in [1.165, 1.54) is 17.0 Å². The monoisotopic (exact) mass is 315 g/mol. The van der Waals surface area contributed by atoms with Crippen LogP contribution < -0.4 is 0 Å². The lowest BCUT2D eigenvalue weighted by atomic mass is 10.1. The van der Waals surface area contributed by atoms with Gasteiger partial charge >= 0.3 is 5.97 Å². The molecule has 1 saturated heterocycles. The first kappa shape index (κ1) is 13.0. The summed E-state index contributed by atoms with van der Waals surface area (Å²) in [6.07, 6.45) is 0.416. The zero-order valence-electron chi connectivity index (χ0n) is 9.40. The molecule has 1 atom stereocenters. The Morgan fingerprint density at radius 3 is 2.72 bits per heavy atom. The van der Waals surface area contributed by atoms with Crippen LogP contribution in [0.25, 0.3) is 0 Å². The molecule has 96 valence electrons. The van der Waals surface area contributed by atoms with Crippen LogP contribution in [-0.2, 0) is 4.79 Å². The lowest BCUT2D eigenvalue weighted by molar-refractivity contribution is -0.141. The fourth-order valence-corrected chi connectivity index (χ4v) is 2.31. The summed E-state index contributed by atoms with van der Waals surface area (Å²) < 4.78 is 14.2. The minimum atomic E-state index is -0.915. The van der Waals surface area contributed by atoms with Gasteiger partial charge in [-0.15, -0.1) is 0 Å². The zero-order chi connectivity index (χ0) is 13.3. The van der Waals surface area contributed by atoms with E-state index in [9.17, 15) is 14.0 Å². The molecule has 1 aromatic carbocycles. The average Bonchev–Trinajstić information content (AvgIpc) is 2.77. The summed E-state index contributed by atoms with van der Waals surface area (Å²) in [5, 5.41) is 8.86. The summed E-state index contributed by atoms with van der Waals surface area (Å²) in [6, 6.07) is 4.20. The van der Waals surface area contributed by atoms with Crippen LogP contribution in [0.5, 0.6) is 0 Å². The van der Waals surface area contributed by atoms with E-state index in [2.05, 4.69) is 15.9 Å². The van der Waals surface area contributed by atoms with E-state index in [1.54, 1.807) is 6.07 Å². The Morgan fingerprint density at radius 2 is 2.17 bits per heavy atom. The van der Waals surface area contributed by atoms with Crippen LogP contribution in [0.4, 0.5) is 4.39 Å². The van der Waals surface area contributed by atoms with Gasteiger partial charge in [0, 0.05) is 17.6 Å². The van der Waals surface area contributed by atoms with Crippen molar-refractivity contribution in [1.29, 1.82) is 0 Å². The number of benzene rings is 1. The van der Waals surface area contributed by atoms with E-state index in [0.717, 1.165) is 0 Å². The van der Waals surface area contributed by atoms with Crippen molar-refractivity contribution in [2.75, 3.05) is 13.1 Å². The van der Waals surface area contributed by atoms with Crippen LogP contribution in [0.15, 0.2) is 22.7 Å². The van der Waals surface area contributed by atoms with Gasteiger partial charge in [-0.05, 0) is 24.6 Å². The number of hydrogen-bond donors (Lipinski definition) is 1. The van der Waals surface area contributed by atoms with Gasteiger partial charge < -0.3 is 10.0 Å². The van der Waals surface area contributed by atoms with Crippen LogP contribution >= 0.6 is 15.9 Å². The smallest absolute Gasteiger partial charge is 0.308 e. The molecule has 1 aromatic rings. The van der Waals surface area contributed by atoms with Crippen molar-refractivity contribution >= 4 is 27.8 Å². The number of halogens is 2. The summed E-state index contributed by atoms with van der Waals surface area (Å²) in [4.78, 5) is 24.2. The predicted octanol–water partition coefficient (Wildman–Crippen LogP) is 2.13. The number of carbonyl (C=O) groups excluding carboxylic acids is 1. The third-order valence-corrected chi connectivity index (χ3v) is 3.48. The Hall–Kier alpha value is -1.43. The summed E-state index contributed by atoms with van der Waals surface area (Å²) in [6.45, 7) is 0.495. The maximum Gasteiger partial charge on any atom is 0.308 e. The van der Waals surface area contributed by atoms with E-state index in [4.69, 9.17) is 5.11 Å². The highest BCUT2D eigenvalue weighted by Gasteiger charge is 2.32. The Kier molecular flexibility index (Phi) is 3.65. The maximum atomic E-state index is 13.6. The molecule has 0 bridgehead atoms. The van der Waals surface area contributed by atoms with Crippen LogP contribution in [0.3, 0.4) is 0 Å². The highest BCUT2D eigenvalue weighted by Crippen LogP contribution is 2.21. The van der Waals surface area contributed by atoms with E-state index in [-0.39, 0.29) is 12.1 Å². The highest BCUT2D eigenvalue weighted by atomic mass is 79.9. The second-order valence-electron chi connectivity index (χ2n) is 4.20. The Labute approximate surface area is 112 Å². The van der Waals surface area contributed by atoms with Crippen molar-refractivity contribution in [2.24, 2.45) is 5.92 Å². The van der Waals surface area contributed by atoms with Crippen molar-refractivity contribution in [3.8, 4) is 0 Å². The molecule has 4 nitrogen and oxygen atoms in total. The SMILES string of the molecule is O=C(O)C1CCN(C(=O)c2ccc(Br)cc2F)C1. The van der Waals surface area contributed by atoms with E-state index < -0.39 is 23.6 Å². The molecule has 1 aliphatic rings. The largest absolute Gasteiger partial charge is 0.481 e. The molecule has 1 aliphatic heterocycles. The second kappa shape index (κ2) is 5.06. The molecule has 18 heavy (non-hydrogen) atoms. The Bertz CT molecular complexity index is 506. The molecule has 0 saturated carbocycles. The van der Waals surface area contributed by atoms with Crippen LogP contribution in [-0.4, -0.2) is 35.0 Å². The topological polar surface area (TPSA) is 57.6 Å². The predicted molar refractivity (Wildman–Crippen MR) is 65.7 cm³/mol. The second-order valence-corrected chi connectivity index (χ2v) is 5.11. The average molecular weight is 316 g/mol. The Morgan fingerprint density at radius 1 is 1.44 bits per heavy atom. The number of carboxylic acids is 1. The zero-order valence-corrected chi connectivity index (χ0v) is 11.0. The van der Waals surface area contributed by atoms with Gasteiger partial charge in [-0.3, -0.25) is 9.59 Å². The minimum absolute atomic E-state index is 0.0239. The van der Waals surface area contributed by atoms with Crippen molar-refractivity contribution in [1.82, 2.24) is 4.90 Å². The molecular formula is C12H11BrFNO3. The van der Waals surface area contributed by atoms with Crippen molar-refractivity contribution in [3.63, 3.8) is 0 Å². The molecular weight excluding hydrogens is 305 g/mol. The third-order valence-electron chi connectivity index (χ3n) is 2.99. The van der Waals surface area contributed by atoms with E-state index >= 15 is 0 Å². The molecule has 1 unspecified atom stereocenters. The lowest BCUT2D eigenvalue weighted by Gasteiger charge is -2.16. The molecule has 1 fully saturated rings. The molecule has 1 amide bonds. The molecule has 6 heteroatoms. The summed E-state index contributed by atoms with van der Waals surface area (Å²) in [5.74, 6) is -2.52. The standard InChI is InChI=1S/C12H11BrFNO3/c13-8-1-2-9(10(14)5-8)11(16)15-4-3-7(6-15)12(17)18/h1-2,5,7H,3-4,6H2,(H,17,18). The molecule has 0 aliphatic carbocycles. The number of likely N-dealkylation sites (tertiary alicyclic amines) is 1. The number of carboxylic acid groups (broad SMARTS) is 1. The van der Waals surface area contributed by atoms with E-state index in [1.807, 2.05) is 0 Å². The van der Waals surface area contributed by atoms with Crippen LogP contribution in [0.2, 0.25) is 0 Å². The molecule has 1 N–H and O–H groups in total. The van der Waals surface area contributed by atoms with Crippen molar-refractivity contribution < 1.29 is 19.1 Å². The molecule has 1 heterocycles. The molecule has 0 aromatic heterocycles. The van der Waals surface area contributed by atoms with Gasteiger partial charge in [0.2, 0.25) is 0 Å². The summed E-state index contributed by atoms with van der Waals surface area (Å²) in [7, 11) is 0. The van der Waals surface area contributed by atoms with Gasteiger partial charge in [-0.2, -0.15) is 0 Å². The van der Waals surface area contributed by atoms with Gasteiger partial charge in [0.15, 0.2) is 0 Å². The highest BCUT2D eigenvalue weighted by molar-refractivity contribution is 9.10. The van der Waals surface area contributed by atoms with Gasteiger partial charge in [0.1, 0.15) is 5.82 Å². The maximum absolute atomic E-state index is 13.6. The van der Waals surface area contributed by atoms with Gasteiger partial charge in [0.25, 0.3) is 5.91 Å². The van der Waals surface area contributed by atoms with E-state index in [0.29, 0.717) is 17.4 Å². The Balaban J connectivity index is 2.15. The molecule has 2 rings (SSSR count). The fraction of sp³-hybridized carbons (Fsp3) is 0.333. The quantitative estimate of drug-likeness (QED) is 0.909. The van der Waals surface area contributed by atoms with Gasteiger partial charge in [0.05, 0.1) is 11.5 Å². The van der Waals surface area contributed by atoms with Gasteiger partial charge in [-0.1, -0.05) is 15.9 Å². The van der Waals surface area contributed by atoms with Crippen LogP contribution in [0.1, 0.15) is 16.8 Å². The number of amides is 1. The van der Waals surface area contributed by atoms with Gasteiger partial charge in [-0.25, -0.2) is 4.39 Å². The summed E-state index contributed by atoms with van der Waals surface area (Å²) in [5.41, 5.74) is -0.0239. The first-order valence-electron chi connectivity index (χ1n) is 5.46. The van der Waals surface area contributed by atoms with Crippen molar-refractivity contribution in [3.05, 3.63) is 34.1 Å². The summed E-state index contributed by atoms with van der Waals surface area (Å²) >= 11 is 3.11. The normalized spacial score (nSPS) is 19.0.